The summed E-state index contributed by atoms with van der Waals surface area (Å²) in [5.74, 6) is 0.266. The number of pyridine rings is 1. The Morgan fingerprint density at radius 3 is 2.66 bits per heavy atom. The third-order valence-corrected chi connectivity index (χ3v) is 4.72. The van der Waals surface area contributed by atoms with Crippen molar-refractivity contribution in [3.05, 3.63) is 65.9 Å². The number of nitriles is 1. The molecule has 0 atom stereocenters. The van der Waals surface area contributed by atoms with E-state index in [1.807, 2.05) is 56.3 Å². The van der Waals surface area contributed by atoms with Gasteiger partial charge in [-0.25, -0.2) is 0 Å². The molecule has 1 amide bonds. The Balaban J connectivity index is 2.11. The molecule has 32 heavy (non-hydrogen) atoms. The Kier molecular flexibility index (Phi) is 7.42. The predicted octanol–water partition coefficient (Wildman–Crippen LogP) is 4.61. The summed E-state index contributed by atoms with van der Waals surface area (Å²) in [7, 11) is 3.86. The average Bonchev–Trinajstić information content (AvgIpc) is 2.75. The molecular formula is C25H27N5O2. The molecule has 164 valence electrons. The Bertz CT molecular complexity index is 1180. The molecule has 3 rings (SSSR count). The molecule has 1 heterocycles. The van der Waals surface area contributed by atoms with E-state index in [9.17, 15) is 10.1 Å². The summed E-state index contributed by atoms with van der Waals surface area (Å²) in [4.78, 5) is 19.1. The summed E-state index contributed by atoms with van der Waals surface area (Å²) in [6, 6.07) is 15.5. The SMILES string of the molecule is CCOc1cc2nc(C)c(C#N)c(Nc3ccccc3)c2cc1NC(=O)/C=C/CN(C)C. The van der Waals surface area contributed by atoms with Gasteiger partial charge >= 0.3 is 0 Å². The van der Waals surface area contributed by atoms with Gasteiger partial charge in [0, 0.05) is 29.8 Å². The molecule has 2 aromatic carbocycles. The highest BCUT2D eigenvalue weighted by molar-refractivity contribution is 6.05. The highest BCUT2D eigenvalue weighted by Crippen LogP contribution is 2.37. The molecule has 0 unspecified atom stereocenters. The third-order valence-electron chi connectivity index (χ3n) is 4.72. The number of hydrogen-bond acceptors (Lipinski definition) is 6. The number of amides is 1. The van der Waals surface area contributed by atoms with Gasteiger partial charge in [-0.3, -0.25) is 9.78 Å². The number of benzene rings is 2. The van der Waals surface area contributed by atoms with Crippen molar-refractivity contribution in [2.75, 3.05) is 37.9 Å². The Hall–Kier alpha value is -3.89. The van der Waals surface area contributed by atoms with E-state index < -0.39 is 0 Å². The molecule has 0 fully saturated rings. The van der Waals surface area contributed by atoms with Crippen LogP contribution in [0.25, 0.3) is 10.9 Å². The first kappa shape index (κ1) is 22.8. The lowest BCUT2D eigenvalue weighted by molar-refractivity contribution is -0.111. The number of para-hydroxylation sites is 1. The van der Waals surface area contributed by atoms with Crippen LogP contribution in [0.2, 0.25) is 0 Å². The van der Waals surface area contributed by atoms with E-state index in [1.54, 1.807) is 25.1 Å². The molecule has 0 aliphatic heterocycles. The smallest absolute Gasteiger partial charge is 0.248 e. The van der Waals surface area contributed by atoms with E-state index in [1.165, 1.54) is 6.08 Å². The molecule has 2 N–H and O–H groups in total. The lowest BCUT2D eigenvalue weighted by atomic mass is 10.0. The molecule has 0 saturated heterocycles. The predicted molar refractivity (Wildman–Crippen MR) is 128 cm³/mol. The lowest BCUT2D eigenvalue weighted by Gasteiger charge is -2.17. The monoisotopic (exact) mass is 429 g/mol. The molecule has 7 heteroatoms. The molecule has 7 nitrogen and oxygen atoms in total. The summed E-state index contributed by atoms with van der Waals surface area (Å²) in [5.41, 5.74) is 3.75. The Labute approximate surface area is 188 Å². The maximum atomic E-state index is 12.5. The van der Waals surface area contributed by atoms with Crippen LogP contribution in [0.1, 0.15) is 18.2 Å². The van der Waals surface area contributed by atoms with Gasteiger partial charge < -0.3 is 20.3 Å². The van der Waals surface area contributed by atoms with Gasteiger partial charge in [0.05, 0.1) is 34.8 Å². The van der Waals surface area contributed by atoms with Crippen molar-refractivity contribution < 1.29 is 9.53 Å². The number of aromatic nitrogens is 1. The zero-order chi connectivity index (χ0) is 23.1. The van der Waals surface area contributed by atoms with Crippen molar-refractivity contribution in [3.63, 3.8) is 0 Å². The van der Waals surface area contributed by atoms with E-state index in [0.717, 1.165) is 5.69 Å². The number of fused-ring (bicyclic) bond motifs is 1. The van der Waals surface area contributed by atoms with Crippen molar-refractivity contribution in [2.24, 2.45) is 0 Å². The fraction of sp³-hybridized carbons (Fsp3) is 0.240. The highest BCUT2D eigenvalue weighted by Gasteiger charge is 2.17. The topological polar surface area (TPSA) is 90.3 Å². The van der Waals surface area contributed by atoms with E-state index in [-0.39, 0.29) is 5.91 Å². The minimum Gasteiger partial charge on any atom is -0.492 e. The van der Waals surface area contributed by atoms with Gasteiger partial charge in [-0.05, 0) is 46.1 Å². The minimum atomic E-state index is -0.259. The fourth-order valence-corrected chi connectivity index (χ4v) is 3.26. The number of rotatable bonds is 8. The van der Waals surface area contributed by atoms with Crippen LogP contribution < -0.4 is 15.4 Å². The maximum absolute atomic E-state index is 12.5. The van der Waals surface area contributed by atoms with E-state index >= 15 is 0 Å². The second-order valence-electron chi connectivity index (χ2n) is 7.50. The summed E-state index contributed by atoms with van der Waals surface area (Å²) < 4.78 is 5.77. The van der Waals surface area contributed by atoms with Gasteiger partial charge in [-0.1, -0.05) is 24.3 Å². The normalized spacial score (nSPS) is 11.0. The second-order valence-corrected chi connectivity index (χ2v) is 7.50. The standard InChI is InChI=1S/C25H27N5O2/c1-5-32-23-15-21-19(14-22(23)29-24(31)12-9-13-30(3)4)25(20(16-26)17(2)27-21)28-18-10-7-6-8-11-18/h6-12,14-15H,5,13H2,1-4H3,(H,27,28)(H,29,31)/b12-9+. The molecule has 0 aliphatic rings. The van der Waals surface area contributed by atoms with Crippen LogP contribution in [-0.4, -0.2) is 43.0 Å². The Morgan fingerprint density at radius 1 is 1.25 bits per heavy atom. The van der Waals surface area contributed by atoms with Crippen LogP contribution in [0.15, 0.2) is 54.6 Å². The largest absolute Gasteiger partial charge is 0.492 e. The van der Waals surface area contributed by atoms with Crippen LogP contribution in [0, 0.1) is 18.3 Å². The lowest BCUT2D eigenvalue weighted by Crippen LogP contribution is -2.13. The van der Waals surface area contributed by atoms with Gasteiger partial charge in [-0.15, -0.1) is 0 Å². The third kappa shape index (κ3) is 5.42. The number of carbonyl (C=O) groups excluding carboxylic acids is 1. The summed E-state index contributed by atoms with van der Waals surface area (Å²) in [5, 5.41) is 16.8. The minimum absolute atomic E-state index is 0.259. The zero-order valence-corrected chi connectivity index (χ0v) is 18.8. The number of carbonyl (C=O) groups is 1. The van der Waals surface area contributed by atoms with Crippen molar-refractivity contribution >= 4 is 33.9 Å². The zero-order valence-electron chi connectivity index (χ0n) is 18.8. The first-order valence-corrected chi connectivity index (χ1v) is 10.4. The molecule has 0 spiro atoms. The molecule has 1 aromatic heterocycles. The number of likely N-dealkylation sites (N-methyl/N-ethyl adjacent to an activating group) is 1. The average molecular weight is 430 g/mol. The summed E-state index contributed by atoms with van der Waals surface area (Å²) >= 11 is 0. The number of hydrogen-bond donors (Lipinski definition) is 2. The molecule has 0 bridgehead atoms. The van der Waals surface area contributed by atoms with Crippen LogP contribution in [-0.2, 0) is 4.79 Å². The second kappa shape index (κ2) is 10.4. The van der Waals surface area contributed by atoms with Crippen molar-refractivity contribution in [1.82, 2.24) is 9.88 Å². The van der Waals surface area contributed by atoms with Gasteiger partial charge in [-0.2, -0.15) is 5.26 Å². The maximum Gasteiger partial charge on any atom is 0.248 e. The molecular weight excluding hydrogens is 402 g/mol. The Morgan fingerprint density at radius 2 is 2.00 bits per heavy atom. The van der Waals surface area contributed by atoms with Gasteiger partial charge in [0.1, 0.15) is 11.8 Å². The van der Waals surface area contributed by atoms with Crippen LogP contribution in [0.5, 0.6) is 5.75 Å². The van der Waals surface area contributed by atoms with Gasteiger partial charge in [0.2, 0.25) is 5.91 Å². The molecule has 0 radical (unpaired) electrons. The van der Waals surface area contributed by atoms with Crippen molar-refractivity contribution in [1.29, 1.82) is 5.26 Å². The number of nitrogens with zero attached hydrogens (tertiary/aromatic N) is 3. The van der Waals surface area contributed by atoms with Gasteiger partial charge in [0.25, 0.3) is 0 Å². The number of nitrogens with one attached hydrogen (secondary N) is 2. The number of anilines is 3. The quantitative estimate of drug-likeness (QED) is 0.508. The fourth-order valence-electron chi connectivity index (χ4n) is 3.26. The van der Waals surface area contributed by atoms with Crippen LogP contribution in [0.3, 0.4) is 0 Å². The van der Waals surface area contributed by atoms with E-state index in [0.29, 0.717) is 52.4 Å². The number of ether oxygens (including phenoxy) is 1. The van der Waals surface area contributed by atoms with E-state index in [2.05, 4.69) is 21.7 Å². The van der Waals surface area contributed by atoms with Gasteiger partial charge in [0.15, 0.2) is 0 Å². The molecule has 3 aromatic rings. The van der Waals surface area contributed by atoms with Crippen molar-refractivity contribution in [3.8, 4) is 11.8 Å². The number of aryl methyl sites for hydroxylation is 1. The summed E-state index contributed by atoms with van der Waals surface area (Å²) in [6.45, 7) is 4.78. The first-order chi connectivity index (χ1) is 15.4. The van der Waals surface area contributed by atoms with Crippen LogP contribution >= 0.6 is 0 Å². The van der Waals surface area contributed by atoms with Crippen molar-refractivity contribution in [2.45, 2.75) is 13.8 Å². The molecule has 0 aliphatic carbocycles. The molecule has 0 saturated carbocycles. The summed E-state index contributed by atoms with van der Waals surface area (Å²) in [6.07, 6.45) is 3.29. The highest BCUT2D eigenvalue weighted by atomic mass is 16.5. The van der Waals surface area contributed by atoms with E-state index in [4.69, 9.17) is 4.74 Å². The van der Waals surface area contributed by atoms with Crippen LogP contribution in [0.4, 0.5) is 17.1 Å². The first-order valence-electron chi connectivity index (χ1n) is 10.4.